The number of hydrogen-bond acceptors (Lipinski definition) is 1. The summed E-state index contributed by atoms with van der Waals surface area (Å²) in [4.78, 5) is 0. The largest absolute Gasteiger partial charge is 0.497 e. The van der Waals surface area contributed by atoms with Gasteiger partial charge in [-0.25, -0.2) is 0 Å². The molecule has 0 heterocycles. The molecule has 0 N–H and O–H groups in total. The van der Waals surface area contributed by atoms with Gasteiger partial charge in [-0.05, 0) is 51.8 Å². The number of halogens is 1. The number of hydrogen-bond donors (Lipinski definition) is 0. The van der Waals surface area contributed by atoms with Crippen LogP contribution in [-0.4, -0.2) is 7.11 Å². The summed E-state index contributed by atoms with van der Waals surface area (Å²) < 4.78 is 6.45. The molecule has 0 fully saturated rings. The van der Waals surface area contributed by atoms with E-state index < -0.39 is 0 Å². The van der Waals surface area contributed by atoms with E-state index in [1.807, 2.05) is 6.07 Å². The van der Waals surface area contributed by atoms with Crippen molar-refractivity contribution in [2.75, 3.05) is 7.11 Å². The summed E-state index contributed by atoms with van der Waals surface area (Å²) in [5.41, 5.74) is 1.50. The zero-order valence-corrected chi connectivity index (χ0v) is 10.7. The second kappa shape index (κ2) is 3.86. The molecule has 1 rings (SSSR count). The third-order valence-electron chi connectivity index (χ3n) is 1.97. The van der Waals surface area contributed by atoms with E-state index in [-0.39, 0.29) is 5.41 Å². The summed E-state index contributed by atoms with van der Waals surface area (Å²) in [6.07, 6.45) is 0. The SMILES string of the molecule is COc1cc(I)cc(C(C)(C)C)c1. The Morgan fingerprint density at radius 1 is 1.15 bits per heavy atom. The molecule has 1 nitrogen and oxygen atoms in total. The molecule has 13 heavy (non-hydrogen) atoms. The molecule has 72 valence electrons. The zero-order valence-electron chi connectivity index (χ0n) is 8.52. The number of ether oxygens (including phenoxy) is 1. The number of benzene rings is 1. The molecular weight excluding hydrogens is 275 g/mol. The Labute approximate surface area is 93.6 Å². The van der Waals surface area contributed by atoms with Gasteiger partial charge in [-0.1, -0.05) is 20.8 Å². The third-order valence-corrected chi connectivity index (χ3v) is 2.60. The second-order valence-corrected chi connectivity index (χ2v) is 5.38. The highest BCUT2D eigenvalue weighted by Crippen LogP contribution is 2.27. The molecule has 0 aliphatic carbocycles. The van der Waals surface area contributed by atoms with E-state index >= 15 is 0 Å². The fourth-order valence-corrected chi connectivity index (χ4v) is 1.76. The van der Waals surface area contributed by atoms with Crippen LogP contribution in [0, 0.1) is 3.57 Å². The van der Waals surface area contributed by atoms with Crippen molar-refractivity contribution in [1.82, 2.24) is 0 Å². The van der Waals surface area contributed by atoms with Crippen LogP contribution >= 0.6 is 22.6 Å². The Morgan fingerprint density at radius 2 is 1.77 bits per heavy atom. The Kier molecular flexibility index (Phi) is 3.22. The molecule has 0 radical (unpaired) electrons. The van der Waals surface area contributed by atoms with Crippen molar-refractivity contribution >= 4 is 22.6 Å². The highest BCUT2D eigenvalue weighted by molar-refractivity contribution is 14.1. The van der Waals surface area contributed by atoms with Crippen LogP contribution in [0.3, 0.4) is 0 Å². The lowest BCUT2D eigenvalue weighted by atomic mass is 9.87. The third kappa shape index (κ3) is 2.86. The van der Waals surface area contributed by atoms with Crippen molar-refractivity contribution in [3.8, 4) is 5.75 Å². The zero-order chi connectivity index (χ0) is 10.1. The summed E-state index contributed by atoms with van der Waals surface area (Å²) in [5, 5.41) is 0. The fourth-order valence-electron chi connectivity index (χ4n) is 1.11. The molecule has 0 unspecified atom stereocenters. The highest BCUT2D eigenvalue weighted by atomic mass is 127. The van der Waals surface area contributed by atoms with Crippen molar-refractivity contribution in [2.45, 2.75) is 26.2 Å². The topological polar surface area (TPSA) is 9.23 Å². The van der Waals surface area contributed by atoms with E-state index in [1.54, 1.807) is 7.11 Å². The average Bonchev–Trinajstić information content (AvgIpc) is 2.01. The van der Waals surface area contributed by atoms with Crippen molar-refractivity contribution in [3.05, 3.63) is 27.3 Å². The maximum atomic E-state index is 5.23. The van der Waals surface area contributed by atoms with Gasteiger partial charge in [-0.3, -0.25) is 0 Å². The molecule has 0 saturated carbocycles. The van der Waals surface area contributed by atoms with Gasteiger partial charge in [0, 0.05) is 3.57 Å². The maximum Gasteiger partial charge on any atom is 0.120 e. The van der Waals surface area contributed by atoms with Gasteiger partial charge < -0.3 is 4.74 Å². The van der Waals surface area contributed by atoms with Crippen LogP contribution in [0.25, 0.3) is 0 Å². The number of rotatable bonds is 1. The predicted octanol–water partition coefficient (Wildman–Crippen LogP) is 3.60. The van der Waals surface area contributed by atoms with Gasteiger partial charge in [-0.2, -0.15) is 0 Å². The molecule has 0 aliphatic heterocycles. The standard InChI is InChI=1S/C11H15IO/c1-11(2,3)8-5-9(12)7-10(6-8)13-4/h5-7H,1-4H3. The Bertz CT molecular complexity index is 299. The minimum absolute atomic E-state index is 0.189. The molecule has 0 aromatic heterocycles. The van der Waals surface area contributed by atoms with E-state index in [4.69, 9.17) is 4.74 Å². The summed E-state index contributed by atoms with van der Waals surface area (Å²) in [5.74, 6) is 0.942. The lowest BCUT2D eigenvalue weighted by Gasteiger charge is -2.20. The van der Waals surface area contributed by atoms with Crippen molar-refractivity contribution in [1.29, 1.82) is 0 Å². The molecule has 0 atom stereocenters. The van der Waals surface area contributed by atoms with Crippen LogP contribution < -0.4 is 4.74 Å². The van der Waals surface area contributed by atoms with Crippen LogP contribution in [0.1, 0.15) is 26.3 Å². The lowest BCUT2D eigenvalue weighted by molar-refractivity contribution is 0.412. The quantitative estimate of drug-likeness (QED) is 0.718. The monoisotopic (exact) mass is 290 g/mol. The second-order valence-electron chi connectivity index (χ2n) is 4.13. The van der Waals surface area contributed by atoms with Gasteiger partial charge in [0.15, 0.2) is 0 Å². The highest BCUT2D eigenvalue weighted by Gasteiger charge is 2.14. The molecule has 0 bridgehead atoms. The molecule has 1 aromatic rings. The predicted molar refractivity (Wildman–Crippen MR) is 64.4 cm³/mol. The Morgan fingerprint density at radius 3 is 2.23 bits per heavy atom. The molecule has 1 aromatic carbocycles. The number of methoxy groups -OCH3 is 1. The Balaban J connectivity index is 3.16. The van der Waals surface area contributed by atoms with Gasteiger partial charge in [0.2, 0.25) is 0 Å². The summed E-state index contributed by atoms with van der Waals surface area (Å²) >= 11 is 2.31. The minimum Gasteiger partial charge on any atom is -0.497 e. The smallest absolute Gasteiger partial charge is 0.120 e. The first-order chi connectivity index (χ1) is 5.93. The van der Waals surface area contributed by atoms with E-state index in [0.29, 0.717) is 0 Å². The van der Waals surface area contributed by atoms with Gasteiger partial charge in [0.1, 0.15) is 5.75 Å². The Hall–Kier alpha value is -0.250. The van der Waals surface area contributed by atoms with E-state index in [9.17, 15) is 0 Å². The van der Waals surface area contributed by atoms with E-state index in [1.165, 1.54) is 9.13 Å². The first-order valence-corrected chi connectivity index (χ1v) is 5.36. The van der Waals surface area contributed by atoms with Crippen molar-refractivity contribution in [2.24, 2.45) is 0 Å². The normalized spacial score (nSPS) is 11.5. The van der Waals surface area contributed by atoms with Gasteiger partial charge in [0.25, 0.3) is 0 Å². The fraction of sp³-hybridized carbons (Fsp3) is 0.455. The van der Waals surface area contributed by atoms with Crippen molar-refractivity contribution < 1.29 is 4.74 Å². The van der Waals surface area contributed by atoms with Gasteiger partial charge >= 0.3 is 0 Å². The molecule has 0 saturated heterocycles. The summed E-state index contributed by atoms with van der Waals surface area (Å²) in [6.45, 7) is 6.62. The van der Waals surface area contributed by atoms with E-state index in [2.05, 4.69) is 55.5 Å². The van der Waals surface area contributed by atoms with Gasteiger partial charge in [-0.15, -0.1) is 0 Å². The van der Waals surface area contributed by atoms with Crippen LogP contribution in [0.5, 0.6) is 5.75 Å². The summed E-state index contributed by atoms with van der Waals surface area (Å²) in [7, 11) is 1.71. The molecule has 0 aliphatic rings. The van der Waals surface area contributed by atoms with Crippen LogP contribution in [0.4, 0.5) is 0 Å². The van der Waals surface area contributed by atoms with Crippen LogP contribution in [-0.2, 0) is 5.41 Å². The minimum atomic E-state index is 0.189. The van der Waals surface area contributed by atoms with Gasteiger partial charge in [0.05, 0.1) is 7.11 Å². The van der Waals surface area contributed by atoms with Crippen molar-refractivity contribution in [3.63, 3.8) is 0 Å². The average molecular weight is 290 g/mol. The lowest BCUT2D eigenvalue weighted by Crippen LogP contribution is -2.11. The van der Waals surface area contributed by atoms with E-state index in [0.717, 1.165) is 5.75 Å². The van der Waals surface area contributed by atoms with Crippen LogP contribution in [0.2, 0.25) is 0 Å². The summed E-state index contributed by atoms with van der Waals surface area (Å²) in [6, 6.07) is 6.33. The first-order valence-electron chi connectivity index (χ1n) is 4.28. The maximum absolute atomic E-state index is 5.23. The van der Waals surface area contributed by atoms with Crippen LogP contribution in [0.15, 0.2) is 18.2 Å². The first kappa shape index (κ1) is 10.8. The molecule has 2 heteroatoms. The molecule has 0 spiro atoms. The molecule has 0 amide bonds. The molecular formula is C11H15IO.